The summed E-state index contributed by atoms with van der Waals surface area (Å²) in [5, 5.41) is 3.39. The van der Waals surface area contributed by atoms with Crippen molar-refractivity contribution in [3.8, 4) is 0 Å². The molecule has 0 bridgehead atoms. The molecule has 1 aromatic rings. The summed E-state index contributed by atoms with van der Waals surface area (Å²) >= 11 is 3.45. The van der Waals surface area contributed by atoms with Gasteiger partial charge in [-0.15, -0.1) is 0 Å². The molecule has 1 unspecified atom stereocenters. The quantitative estimate of drug-likeness (QED) is 0.769. The van der Waals surface area contributed by atoms with Gasteiger partial charge in [-0.25, -0.2) is 4.39 Å². The number of hydrogen-bond acceptors (Lipinski definition) is 3. The molecule has 108 valence electrons. The normalized spacial score (nSPS) is 12.9. The van der Waals surface area contributed by atoms with E-state index in [1.807, 2.05) is 0 Å². The molecule has 1 aromatic carbocycles. The number of nitrogens with one attached hydrogen (secondary N) is 1. The predicted molar refractivity (Wildman–Crippen MR) is 81.7 cm³/mol. The average molecular weight is 332 g/mol. The van der Waals surface area contributed by atoms with Crippen LogP contribution in [0.1, 0.15) is 25.5 Å². The van der Waals surface area contributed by atoms with Crippen LogP contribution in [-0.4, -0.2) is 37.6 Å². The van der Waals surface area contributed by atoms with Gasteiger partial charge in [-0.2, -0.15) is 0 Å². The van der Waals surface area contributed by atoms with E-state index in [1.165, 1.54) is 12.1 Å². The monoisotopic (exact) mass is 331 g/mol. The number of nitrogens with zero attached hydrogens (tertiary/aromatic N) is 1. The van der Waals surface area contributed by atoms with Gasteiger partial charge in [0, 0.05) is 30.1 Å². The highest BCUT2D eigenvalue weighted by Crippen LogP contribution is 2.23. The Labute approximate surface area is 123 Å². The summed E-state index contributed by atoms with van der Waals surface area (Å²) in [5.74, 6) is -0.234. The molecule has 1 atom stereocenters. The van der Waals surface area contributed by atoms with Crippen LogP contribution in [0.3, 0.4) is 0 Å². The first kappa shape index (κ1) is 16.6. The van der Waals surface area contributed by atoms with E-state index in [-0.39, 0.29) is 11.9 Å². The Bertz CT molecular complexity index is 383. The van der Waals surface area contributed by atoms with Gasteiger partial charge >= 0.3 is 0 Å². The fourth-order valence-electron chi connectivity index (χ4n) is 2.04. The van der Waals surface area contributed by atoms with Crippen molar-refractivity contribution in [1.29, 1.82) is 0 Å². The molecular weight excluding hydrogens is 309 g/mol. The third kappa shape index (κ3) is 5.18. The maximum Gasteiger partial charge on any atom is 0.123 e. The summed E-state index contributed by atoms with van der Waals surface area (Å²) in [6, 6.07) is 4.67. The van der Waals surface area contributed by atoms with Gasteiger partial charge in [-0.3, -0.25) is 0 Å². The molecule has 3 N–H and O–H groups in total. The van der Waals surface area contributed by atoms with Crippen molar-refractivity contribution in [2.45, 2.75) is 19.9 Å². The van der Waals surface area contributed by atoms with Crippen LogP contribution in [0.5, 0.6) is 0 Å². The predicted octanol–water partition coefficient (Wildman–Crippen LogP) is 2.52. The summed E-state index contributed by atoms with van der Waals surface area (Å²) < 4.78 is 14.2. The second-order valence-corrected chi connectivity index (χ2v) is 5.29. The highest BCUT2D eigenvalue weighted by Gasteiger charge is 2.13. The minimum absolute atomic E-state index is 0.0272. The summed E-state index contributed by atoms with van der Waals surface area (Å²) in [4.78, 5) is 2.33. The second kappa shape index (κ2) is 8.64. The number of likely N-dealkylation sites (N-methyl/N-ethyl adjacent to an activating group) is 1. The van der Waals surface area contributed by atoms with Crippen LogP contribution in [0.25, 0.3) is 0 Å². The van der Waals surface area contributed by atoms with E-state index in [0.29, 0.717) is 6.54 Å². The van der Waals surface area contributed by atoms with Gasteiger partial charge in [-0.05, 0) is 36.9 Å². The van der Waals surface area contributed by atoms with E-state index in [9.17, 15) is 4.39 Å². The smallest absolute Gasteiger partial charge is 0.123 e. The summed E-state index contributed by atoms with van der Waals surface area (Å²) in [6.07, 6.45) is 0. The lowest BCUT2D eigenvalue weighted by atomic mass is 10.1. The first-order valence-corrected chi connectivity index (χ1v) is 7.52. The van der Waals surface area contributed by atoms with Gasteiger partial charge in [0.25, 0.3) is 0 Å². The van der Waals surface area contributed by atoms with Crippen molar-refractivity contribution in [2.75, 3.05) is 32.7 Å². The van der Waals surface area contributed by atoms with Crippen molar-refractivity contribution in [3.63, 3.8) is 0 Å². The molecule has 0 aliphatic rings. The van der Waals surface area contributed by atoms with E-state index < -0.39 is 0 Å². The molecule has 0 saturated heterocycles. The first-order chi connectivity index (χ1) is 9.12. The lowest BCUT2D eigenvalue weighted by Gasteiger charge is -2.22. The van der Waals surface area contributed by atoms with Crippen LogP contribution in [0.15, 0.2) is 22.7 Å². The van der Waals surface area contributed by atoms with Crippen molar-refractivity contribution in [1.82, 2.24) is 10.2 Å². The van der Waals surface area contributed by atoms with Crippen molar-refractivity contribution < 1.29 is 4.39 Å². The molecule has 1 rings (SSSR count). The highest BCUT2D eigenvalue weighted by atomic mass is 79.9. The summed E-state index contributed by atoms with van der Waals surface area (Å²) in [6.45, 7) is 8.62. The molecule has 3 nitrogen and oxygen atoms in total. The van der Waals surface area contributed by atoms with Crippen LogP contribution in [-0.2, 0) is 0 Å². The SMILES string of the molecule is CCN(CC)CCNC(CN)c1cc(F)ccc1Br. The van der Waals surface area contributed by atoms with E-state index in [4.69, 9.17) is 5.73 Å². The van der Waals surface area contributed by atoms with Crippen LogP contribution in [0.2, 0.25) is 0 Å². The number of hydrogen-bond donors (Lipinski definition) is 2. The molecule has 0 spiro atoms. The van der Waals surface area contributed by atoms with Crippen LogP contribution in [0.4, 0.5) is 4.39 Å². The van der Waals surface area contributed by atoms with Crippen molar-refractivity contribution >= 4 is 15.9 Å². The Hall–Kier alpha value is -0.490. The zero-order valence-corrected chi connectivity index (χ0v) is 13.2. The van der Waals surface area contributed by atoms with E-state index in [1.54, 1.807) is 6.07 Å². The fourth-order valence-corrected chi connectivity index (χ4v) is 2.56. The van der Waals surface area contributed by atoms with Gasteiger partial charge in [0.05, 0.1) is 0 Å². The molecule has 0 aliphatic heterocycles. The van der Waals surface area contributed by atoms with Crippen molar-refractivity contribution in [3.05, 3.63) is 34.1 Å². The number of halogens is 2. The standard InChI is InChI=1S/C14H23BrFN3/c1-3-19(4-2)8-7-18-14(10-17)12-9-11(16)5-6-13(12)15/h5-6,9,14,18H,3-4,7-8,10,17H2,1-2H3. The molecule has 0 saturated carbocycles. The maximum absolute atomic E-state index is 13.3. The molecule has 19 heavy (non-hydrogen) atoms. The Morgan fingerprint density at radius 3 is 2.63 bits per heavy atom. The second-order valence-electron chi connectivity index (χ2n) is 4.44. The molecule has 0 aromatic heterocycles. The summed E-state index contributed by atoms with van der Waals surface area (Å²) in [5.41, 5.74) is 6.66. The first-order valence-electron chi connectivity index (χ1n) is 6.73. The Morgan fingerprint density at radius 1 is 1.37 bits per heavy atom. The van der Waals surface area contributed by atoms with Gasteiger partial charge in [0.2, 0.25) is 0 Å². The van der Waals surface area contributed by atoms with Crippen LogP contribution >= 0.6 is 15.9 Å². The third-order valence-corrected chi connectivity index (χ3v) is 4.00. The number of benzene rings is 1. The van der Waals surface area contributed by atoms with Crippen LogP contribution < -0.4 is 11.1 Å². The van der Waals surface area contributed by atoms with Crippen LogP contribution in [0, 0.1) is 5.82 Å². The van der Waals surface area contributed by atoms with Gasteiger partial charge in [-0.1, -0.05) is 29.8 Å². The zero-order valence-electron chi connectivity index (χ0n) is 11.6. The fraction of sp³-hybridized carbons (Fsp3) is 0.571. The average Bonchev–Trinajstić information content (AvgIpc) is 2.42. The molecule has 0 aliphatic carbocycles. The van der Waals surface area contributed by atoms with E-state index >= 15 is 0 Å². The molecule has 5 heteroatoms. The lowest BCUT2D eigenvalue weighted by molar-refractivity contribution is 0.296. The minimum Gasteiger partial charge on any atom is -0.329 e. The van der Waals surface area contributed by atoms with E-state index in [2.05, 4.69) is 40.0 Å². The zero-order chi connectivity index (χ0) is 14.3. The Kier molecular flexibility index (Phi) is 7.53. The minimum atomic E-state index is -0.234. The molecule has 0 fully saturated rings. The molecule has 0 amide bonds. The highest BCUT2D eigenvalue weighted by molar-refractivity contribution is 9.10. The number of rotatable bonds is 8. The maximum atomic E-state index is 13.3. The van der Waals surface area contributed by atoms with Gasteiger partial charge < -0.3 is 16.0 Å². The number of nitrogens with two attached hydrogens (primary N) is 1. The Balaban J connectivity index is 2.60. The topological polar surface area (TPSA) is 41.3 Å². The largest absolute Gasteiger partial charge is 0.329 e. The Morgan fingerprint density at radius 2 is 2.05 bits per heavy atom. The summed E-state index contributed by atoms with van der Waals surface area (Å²) in [7, 11) is 0. The molecule has 0 radical (unpaired) electrons. The van der Waals surface area contributed by atoms with Crippen molar-refractivity contribution in [2.24, 2.45) is 5.73 Å². The van der Waals surface area contributed by atoms with Gasteiger partial charge in [0.15, 0.2) is 0 Å². The van der Waals surface area contributed by atoms with Gasteiger partial charge in [0.1, 0.15) is 5.82 Å². The molecular formula is C14H23BrFN3. The lowest BCUT2D eigenvalue weighted by Crippen LogP contribution is -2.36. The van der Waals surface area contributed by atoms with E-state index in [0.717, 1.165) is 36.2 Å². The molecule has 0 heterocycles. The third-order valence-electron chi connectivity index (χ3n) is 3.28.